The Balaban J connectivity index is 1.93. The highest BCUT2D eigenvalue weighted by molar-refractivity contribution is 6.30. The number of nitrogens with one attached hydrogen (secondary N) is 1. The molecule has 100 valence electrons. The maximum atomic E-state index is 13.1. The number of benzene rings is 1. The fraction of sp³-hybridized carbons (Fsp3) is 0.538. The Morgan fingerprint density at radius 2 is 2.39 bits per heavy atom. The second kappa shape index (κ2) is 6.48. The topological polar surface area (TPSA) is 24.5 Å². The van der Waals surface area contributed by atoms with Crippen molar-refractivity contribution in [2.75, 3.05) is 33.3 Å². The average Bonchev–Trinajstić information content (AvgIpc) is 2.35. The first-order chi connectivity index (χ1) is 8.69. The minimum absolute atomic E-state index is 0.188. The molecule has 1 fully saturated rings. The molecular weight excluding hydrogens is 255 g/mol. The van der Waals surface area contributed by atoms with Gasteiger partial charge in [-0.25, -0.2) is 4.39 Å². The molecule has 1 saturated heterocycles. The number of hydrogen-bond acceptors (Lipinski definition) is 3. The lowest BCUT2D eigenvalue weighted by molar-refractivity contribution is -0.0291. The van der Waals surface area contributed by atoms with Crippen LogP contribution in [0.25, 0.3) is 0 Å². The molecule has 18 heavy (non-hydrogen) atoms. The van der Waals surface area contributed by atoms with E-state index < -0.39 is 0 Å². The maximum Gasteiger partial charge on any atom is 0.141 e. The van der Waals surface area contributed by atoms with E-state index in [1.165, 1.54) is 6.07 Å². The fourth-order valence-corrected chi connectivity index (χ4v) is 2.37. The lowest BCUT2D eigenvalue weighted by Gasteiger charge is -2.32. The van der Waals surface area contributed by atoms with Gasteiger partial charge in [0.25, 0.3) is 0 Å². The first-order valence-electron chi connectivity index (χ1n) is 6.11. The van der Waals surface area contributed by atoms with Crippen LogP contribution < -0.4 is 5.32 Å². The van der Waals surface area contributed by atoms with E-state index in [0.717, 1.165) is 38.3 Å². The van der Waals surface area contributed by atoms with Gasteiger partial charge >= 0.3 is 0 Å². The quantitative estimate of drug-likeness (QED) is 0.906. The molecule has 2 rings (SSSR count). The Bertz CT molecular complexity index is 401. The average molecular weight is 273 g/mol. The van der Waals surface area contributed by atoms with E-state index in [4.69, 9.17) is 16.3 Å². The summed E-state index contributed by atoms with van der Waals surface area (Å²) in [4.78, 5) is 2.30. The normalized spacial score (nSPS) is 21.2. The first kappa shape index (κ1) is 13.7. The van der Waals surface area contributed by atoms with Gasteiger partial charge in [-0.2, -0.15) is 0 Å². The maximum absolute atomic E-state index is 13.1. The van der Waals surface area contributed by atoms with E-state index in [1.54, 1.807) is 12.1 Å². The van der Waals surface area contributed by atoms with Gasteiger partial charge in [0.05, 0.1) is 17.7 Å². The van der Waals surface area contributed by atoms with Crippen LogP contribution in [-0.2, 0) is 11.3 Å². The standard InChI is InChI=1S/C13H18ClFN2O/c1-16-7-11-9-17(4-5-18-11)8-10-2-3-13(15)12(14)6-10/h2-3,6,11,16H,4-5,7-9H2,1H3. The van der Waals surface area contributed by atoms with Crippen molar-refractivity contribution in [1.82, 2.24) is 10.2 Å². The smallest absolute Gasteiger partial charge is 0.141 e. The van der Waals surface area contributed by atoms with E-state index in [1.807, 2.05) is 7.05 Å². The summed E-state index contributed by atoms with van der Waals surface area (Å²) < 4.78 is 18.7. The zero-order valence-electron chi connectivity index (χ0n) is 10.5. The molecule has 1 aromatic rings. The highest BCUT2D eigenvalue weighted by atomic mass is 35.5. The van der Waals surface area contributed by atoms with Crippen molar-refractivity contribution >= 4 is 11.6 Å². The SMILES string of the molecule is CNCC1CN(Cc2ccc(F)c(Cl)c2)CCO1. The van der Waals surface area contributed by atoms with Crippen molar-refractivity contribution in [1.29, 1.82) is 0 Å². The minimum atomic E-state index is -0.365. The van der Waals surface area contributed by atoms with E-state index in [2.05, 4.69) is 10.2 Å². The number of hydrogen-bond donors (Lipinski definition) is 1. The first-order valence-corrected chi connectivity index (χ1v) is 6.49. The summed E-state index contributed by atoms with van der Waals surface area (Å²) in [6.45, 7) is 4.15. The van der Waals surface area contributed by atoms with Crippen molar-refractivity contribution in [3.8, 4) is 0 Å². The highest BCUT2D eigenvalue weighted by Gasteiger charge is 2.19. The fourth-order valence-electron chi connectivity index (χ4n) is 2.17. The zero-order valence-corrected chi connectivity index (χ0v) is 11.2. The van der Waals surface area contributed by atoms with Crippen LogP contribution in [-0.4, -0.2) is 44.3 Å². The second-order valence-corrected chi connectivity index (χ2v) is 4.94. The Hall–Kier alpha value is -0.680. The van der Waals surface area contributed by atoms with E-state index >= 15 is 0 Å². The van der Waals surface area contributed by atoms with Crippen LogP contribution in [0.2, 0.25) is 5.02 Å². The highest BCUT2D eigenvalue weighted by Crippen LogP contribution is 2.18. The molecule has 1 atom stereocenters. The zero-order chi connectivity index (χ0) is 13.0. The number of likely N-dealkylation sites (N-methyl/N-ethyl adjacent to an activating group) is 1. The summed E-state index contributed by atoms with van der Waals surface area (Å²) in [6.07, 6.45) is 0.222. The molecule has 0 aliphatic carbocycles. The van der Waals surface area contributed by atoms with Crippen molar-refractivity contribution in [2.45, 2.75) is 12.6 Å². The van der Waals surface area contributed by atoms with Gasteiger partial charge in [0.2, 0.25) is 0 Å². The van der Waals surface area contributed by atoms with E-state index in [9.17, 15) is 4.39 Å². The van der Waals surface area contributed by atoms with Gasteiger partial charge in [-0.05, 0) is 24.7 Å². The molecule has 1 unspecified atom stereocenters. The minimum Gasteiger partial charge on any atom is -0.374 e. The number of rotatable bonds is 4. The molecule has 0 amide bonds. The molecule has 1 aliphatic rings. The molecule has 5 heteroatoms. The predicted octanol–water partition coefficient (Wildman–Crippen LogP) is 1.90. The van der Waals surface area contributed by atoms with E-state index in [0.29, 0.717) is 0 Å². The Labute approximate surface area is 112 Å². The van der Waals surface area contributed by atoms with Gasteiger partial charge in [-0.1, -0.05) is 17.7 Å². The van der Waals surface area contributed by atoms with Crippen molar-refractivity contribution < 1.29 is 9.13 Å². The summed E-state index contributed by atoms with van der Waals surface area (Å²) in [5, 5.41) is 3.30. The molecule has 0 saturated carbocycles. The third kappa shape index (κ3) is 3.65. The third-order valence-electron chi connectivity index (χ3n) is 3.04. The molecule has 0 radical (unpaired) electrons. The summed E-state index contributed by atoms with van der Waals surface area (Å²) in [7, 11) is 1.92. The molecule has 3 nitrogen and oxygen atoms in total. The largest absolute Gasteiger partial charge is 0.374 e. The van der Waals surface area contributed by atoms with Crippen molar-refractivity contribution in [3.63, 3.8) is 0 Å². The molecule has 1 heterocycles. The van der Waals surface area contributed by atoms with Gasteiger partial charge in [0, 0.05) is 26.2 Å². The number of ether oxygens (including phenoxy) is 1. The third-order valence-corrected chi connectivity index (χ3v) is 3.33. The van der Waals surface area contributed by atoms with Crippen molar-refractivity contribution in [2.24, 2.45) is 0 Å². The summed E-state index contributed by atoms with van der Waals surface area (Å²) in [5.41, 5.74) is 1.03. The van der Waals surface area contributed by atoms with Gasteiger partial charge in [0.15, 0.2) is 0 Å². The summed E-state index contributed by atoms with van der Waals surface area (Å²) >= 11 is 5.78. The van der Waals surface area contributed by atoms with Crippen LogP contribution in [0.15, 0.2) is 18.2 Å². The predicted molar refractivity (Wildman–Crippen MR) is 70.4 cm³/mol. The summed E-state index contributed by atoms with van der Waals surface area (Å²) in [6, 6.07) is 4.90. The molecule has 1 N–H and O–H groups in total. The van der Waals surface area contributed by atoms with Crippen LogP contribution in [0.5, 0.6) is 0 Å². The number of halogens is 2. The number of nitrogens with zero attached hydrogens (tertiary/aromatic N) is 1. The molecule has 0 aromatic heterocycles. The lowest BCUT2D eigenvalue weighted by Crippen LogP contribution is -2.45. The van der Waals surface area contributed by atoms with Crippen LogP contribution in [0, 0.1) is 5.82 Å². The molecule has 0 spiro atoms. The van der Waals surface area contributed by atoms with Gasteiger partial charge in [0.1, 0.15) is 5.82 Å². The second-order valence-electron chi connectivity index (χ2n) is 4.53. The van der Waals surface area contributed by atoms with Crippen molar-refractivity contribution in [3.05, 3.63) is 34.6 Å². The monoisotopic (exact) mass is 272 g/mol. The Morgan fingerprint density at radius 1 is 1.56 bits per heavy atom. The van der Waals surface area contributed by atoms with Crippen LogP contribution in [0.3, 0.4) is 0 Å². The lowest BCUT2D eigenvalue weighted by atomic mass is 10.2. The van der Waals surface area contributed by atoms with Crippen LogP contribution in [0.4, 0.5) is 4.39 Å². The Kier molecular flexibility index (Phi) is 4.95. The molecular formula is C13H18ClFN2O. The Morgan fingerprint density at radius 3 is 3.11 bits per heavy atom. The van der Waals surface area contributed by atoms with Gasteiger partial charge in [-0.15, -0.1) is 0 Å². The van der Waals surface area contributed by atoms with Gasteiger partial charge in [-0.3, -0.25) is 4.90 Å². The van der Waals surface area contributed by atoms with Crippen LogP contribution in [0.1, 0.15) is 5.56 Å². The molecule has 0 bridgehead atoms. The summed E-state index contributed by atoms with van der Waals surface area (Å²) in [5.74, 6) is -0.365. The van der Waals surface area contributed by atoms with E-state index in [-0.39, 0.29) is 16.9 Å². The molecule has 1 aromatic carbocycles. The number of morpholine rings is 1. The van der Waals surface area contributed by atoms with Crippen LogP contribution >= 0.6 is 11.6 Å². The van der Waals surface area contributed by atoms with Gasteiger partial charge < -0.3 is 10.1 Å². The molecule has 1 aliphatic heterocycles.